The molecule has 2 nitrogen and oxygen atoms in total. The van der Waals surface area contributed by atoms with Crippen LogP contribution in [-0.2, 0) is 0 Å². The van der Waals surface area contributed by atoms with E-state index in [-0.39, 0.29) is 6.04 Å². The number of rotatable bonds is 4. The molecular formula is C14H19ClN2. The van der Waals surface area contributed by atoms with Crippen LogP contribution in [0.3, 0.4) is 0 Å². The summed E-state index contributed by atoms with van der Waals surface area (Å²) in [6.45, 7) is 1.04. The summed E-state index contributed by atoms with van der Waals surface area (Å²) in [7, 11) is 0. The van der Waals surface area contributed by atoms with Gasteiger partial charge in [-0.05, 0) is 37.8 Å². The molecule has 1 aliphatic carbocycles. The Morgan fingerprint density at radius 2 is 2.41 bits per heavy atom. The summed E-state index contributed by atoms with van der Waals surface area (Å²) in [5.74, 6) is 0.691. The molecule has 0 amide bonds. The first-order valence-electron chi connectivity index (χ1n) is 6.43. The van der Waals surface area contributed by atoms with E-state index in [0.717, 1.165) is 19.4 Å². The molecule has 0 aromatic rings. The molecule has 0 radical (unpaired) electrons. The monoisotopic (exact) mass is 250 g/mol. The molecule has 0 spiro atoms. The Morgan fingerprint density at radius 1 is 1.53 bits per heavy atom. The van der Waals surface area contributed by atoms with E-state index in [1.165, 1.54) is 24.8 Å². The molecule has 0 N–H and O–H groups in total. The second-order valence-electron chi connectivity index (χ2n) is 4.77. The van der Waals surface area contributed by atoms with Crippen molar-refractivity contribution in [1.29, 1.82) is 5.26 Å². The Hall–Kier alpha value is -0.780. The lowest BCUT2D eigenvalue weighted by molar-refractivity contribution is 0.131. The molecule has 3 heteroatoms. The number of piperidine rings is 1. The first-order chi connectivity index (χ1) is 8.36. The molecular weight excluding hydrogens is 232 g/mol. The Balaban J connectivity index is 2.08. The summed E-state index contributed by atoms with van der Waals surface area (Å²) in [6, 6.07) is 2.93. The summed E-state index contributed by atoms with van der Waals surface area (Å²) in [5.41, 5.74) is 1.24. The largest absolute Gasteiger partial charge is 0.282 e. The van der Waals surface area contributed by atoms with Crippen LogP contribution >= 0.6 is 11.6 Å². The molecule has 2 rings (SSSR count). The molecule has 1 saturated heterocycles. The average Bonchev–Trinajstić information content (AvgIpc) is 2.86. The van der Waals surface area contributed by atoms with Gasteiger partial charge in [0.15, 0.2) is 0 Å². The number of hydrogen-bond acceptors (Lipinski definition) is 2. The molecule has 2 atom stereocenters. The number of allylic oxidation sites excluding steroid dienone is 3. The van der Waals surface area contributed by atoms with Crippen molar-refractivity contribution in [3.63, 3.8) is 0 Å². The number of hydrogen-bond donors (Lipinski definition) is 0. The van der Waals surface area contributed by atoms with Crippen molar-refractivity contribution in [3.05, 3.63) is 23.8 Å². The van der Waals surface area contributed by atoms with E-state index >= 15 is 0 Å². The van der Waals surface area contributed by atoms with E-state index in [4.69, 9.17) is 11.6 Å². The van der Waals surface area contributed by atoms with Crippen molar-refractivity contribution >= 4 is 11.6 Å². The van der Waals surface area contributed by atoms with Crippen molar-refractivity contribution in [2.24, 2.45) is 0 Å². The lowest BCUT2D eigenvalue weighted by atomic mass is 9.95. The van der Waals surface area contributed by atoms with Gasteiger partial charge in [0.25, 0.3) is 0 Å². The number of alkyl halides is 1. The van der Waals surface area contributed by atoms with Gasteiger partial charge >= 0.3 is 0 Å². The zero-order valence-corrected chi connectivity index (χ0v) is 10.9. The third kappa shape index (κ3) is 2.91. The maximum atomic E-state index is 9.43. The van der Waals surface area contributed by atoms with Crippen molar-refractivity contribution in [2.45, 2.75) is 44.2 Å². The Labute approximate surface area is 109 Å². The molecule has 92 valence electrons. The second kappa shape index (κ2) is 6.23. The van der Waals surface area contributed by atoms with E-state index in [1.54, 1.807) is 0 Å². The van der Waals surface area contributed by atoms with Crippen LogP contribution in [0.25, 0.3) is 0 Å². The van der Waals surface area contributed by atoms with Crippen LogP contribution in [0.2, 0.25) is 0 Å². The summed E-state index contributed by atoms with van der Waals surface area (Å²) < 4.78 is 0. The second-order valence-corrected chi connectivity index (χ2v) is 5.15. The smallest absolute Gasteiger partial charge is 0.120 e. The number of halogens is 1. The molecule has 0 saturated carbocycles. The molecule has 0 aromatic heterocycles. The molecule has 1 fully saturated rings. The maximum absolute atomic E-state index is 9.43. The van der Waals surface area contributed by atoms with Gasteiger partial charge < -0.3 is 0 Å². The fourth-order valence-corrected chi connectivity index (χ4v) is 3.09. The van der Waals surface area contributed by atoms with Crippen molar-refractivity contribution in [3.8, 4) is 6.07 Å². The molecule has 1 heterocycles. The highest BCUT2D eigenvalue weighted by molar-refractivity contribution is 6.17. The number of nitriles is 1. The van der Waals surface area contributed by atoms with Crippen molar-refractivity contribution in [2.75, 3.05) is 12.4 Å². The first kappa shape index (κ1) is 12.7. The van der Waals surface area contributed by atoms with Crippen LogP contribution in [0.15, 0.2) is 23.8 Å². The van der Waals surface area contributed by atoms with Gasteiger partial charge in [0.05, 0.1) is 6.07 Å². The average molecular weight is 251 g/mol. The van der Waals surface area contributed by atoms with E-state index in [1.807, 2.05) is 0 Å². The molecule has 0 bridgehead atoms. The van der Waals surface area contributed by atoms with E-state index in [0.29, 0.717) is 11.9 Å². The fourth-order valence-electron chi connectivity index (χ4n) is 2.84. The van der Waals surface area contributed by atoms with Crippen molar-refractivity contribution < 1.29 is 0 Å². The minimum absolute atomic E-state index is 0.0430. The minimum Gasteiger partial charge on any atom is -0.282 e. The molecule has 17 heavy (non-hydrogen) atoms. The minimum atomic E-state index is -0.0430. The molecule has 2 aliphatic rings. The van der Waals surface area contributed by atoms with E-state index in [2.05, 4.69) is 29.2 Å². The van der Waals surface area contributed by atoms with Crippen LogP contribution in [-0.4, -0.2) is 29.4 Å². The van der Waals surface area contributed by atoms with Crippen LogP contribution < -0.4 is 0 Å². The molecule has 2 unspecified atom stereocenters. The van der Waals surface area contributed by atoms with Gasteiger partial charge in [0.2, 0.25) is 0 Å². The Bertz CT molecular complexity index is 352. The highest BCUT2D eigenvalue weighted by Gasteiger charge is 2.30. The van der Waals surface area contributed by atoms with Gasteiger partial charge in [-0.3, -0.25) is 4.90 Å². The van der Waals surface area contributed by atoms with Gasteiger partial charge in [-0.15, -0.1) is 11.6 Å². The van der Waals surface area contributed by atoms with Crippen LogP contribution in [0, 0.1) is 11.3 Å². The number of nitrogens with zero attached hydrogens (tertiary/aromatic N) is 2. The summed E-state index contributed by atoms with van der Waals surface area (Å²) in [4.78, 5) is 2.37. The quantitative estimate of drug-likeness (QED) is 0.717. The van der Waals surface area contributed by atoms with E-state index < -0.39 is 0 Å². The lowest BCUT2D eigenvalue weighted by Crippen LogP contribution is -2.46. The number of likely N-dealkylation sites (tertiary alicyclic amines) is 1. The molecule has 0 aromatic carbocycles. The third-order valence-corrected chi connectivity index (χ3v) is 3.94. The first-order valence-corrected chi connectivity index (χ1v) is 6.97. The predicted octanol–water partition coefficient (Wildman–Crippen LogP) is 3.25. The van der Waals surface area contributed by atoms with Gasteiger partial charge in [0, 0.05) is 11.9 Å². The zero-order chi connectivity index (χ0) is 12.1. The fraction of sp³-hybridized carbons (Fsp3) is 0.643. The van der Waals surface area contributed by atoms with Gasteiger partial charge in [-0.2, -0.15) is 5.26 Å². The van der Waals surface area contributed by atoms with Gasteiger partial charge in [-0.25, -0.2) is 0 Å². The SMILES string of the molecule is N#CC(C1=CC=CC1)N1CCCCC1CCCl. The van der Waals surface area contributed by atoms with E-state index in [9.17, 15) is 5.26 Å². The lowest BCUT2D eigenvalue weighted by Gasteiger charge is -2.39. The third-order valence-electron chi connectivity index (χ3n) is 3.72. The van der Waals surface area contributed by atoms with Crippen LogP contribution in [0.5, 0.6) is 0 Å². The zero-order valence-electron chi connectivity index (χ0n) is 10.1. The summed E-state index contributed by atoms with van der Waals surface area (Å²) in [6.07, 6.45) is 11.9. The van der Waals surface area contributed by atoms with Crippen LogP contribution in [0.1, 0.15) is 32.1 Å². The Morgan fingerprint density at radius 3 is 3.06 bits per heavy atom. The highest BCUT2D eigenvalue weighted by atomic mass is 35.5. The maximum Gasteiger partial charge on any atom is 0.120 e. The molecule has 1 aliphatic heterocycles. The van der Waals surface area contributed by atoms with Gasteiger partial charge in [0.1, 0.15) is 6.04 Å². The van der Waals surface area contributed by atoms with Crippen molar-refractivity contribution in [1.82, 2.24) is 4.90 Å². The van der Waals surface area contributed by atoms with Gasteiger partial charge in [-0.1, -0.05) is 24.6 Å². The Kier molecular flexibility index (Phi) is 4.65. The topological polar surface area (TPSA) is 27.0 Å². The standard InChI is InChI=1S/C14H19ClN2/c15-9-8-13-7-3-4-10-17(13)14(11-16)12-5-1-2-6-12/h1-2,5,13-14H,3-4,6-10H2. The normalized spacial score (nSPS) is 26.6. The van der Waals surface area contributed by atoms with Crippen LogP contribution in [0.4, 0.5) is 0 Å². The highest BCUT2D eigenvalue weighted by Crippen LogP contribution is 2.27. The summed E-state index contributed by atoms with van der Waals surface area (Å²) in [5, 5.41) is 9.43. The summed E-state index contributed by atoms with van der Waals surface area (Å²) >= 11 is 5.87. The predicted molar refractivity (Wildman–Crippen MR) is 70.9 cm³/mol.